The maximum absolute atomic E-state index is 5.31. The van der Waals surface area contributed by atoms with Gasteiger partial charge in [0.2, 0.25) is 0 Å². The number of aromatic nitrogens is 1. The molecule has 0 saturated carbocycles. The molecule has 1 aromatic carbocycles. The molecule has 3 nitrogen and oxygen atoms in total. The van der Waals surface area contributed by atoms with Crippen LogP contribution in [0.3, 0.4) is 0 Å². The summed E-state index contributed by atoms with van der Waals surface area (Å²) < 4.78 is 5.31. The average Bonchev–Trinajstić information content (AvgIpc) is 2.39. The fraction of sp³-hybridized carbons (Fsp3) is 0.400. The van der Waals surface area contributed by atoms with Crippen LogP contribution in [0.1, 0.15) is 18.9 Å². The van der Waals surface area contributed by atoms with E-state index in [9.17, 15) is 0 Å². The van der Waals surface area contributed by atoms with Crippen molar-refractivity contribution in [1.82, 2.24) is 4.98 Å². The van der Waals surface area contributed by atoms with Crippen molar-refractivity contribution in [1.29, 1.82) is 0 Å². The summed E-state index contributed by atoms with van der Waals surface area (Å²) in [6.07, 6.45) is 1.00. The summed E-state index contributed by atoms with van der Waals surface area (Å²) in [5, 5.41) is 4.56. The summed E-state index contributed by atoms with van der Waals surface area (Å²) in [6.45, 7) is 6.59. The van der Waals surface area contributed by atoms with E-state index >= 15 is 0 Å². The Hall–Kier alpha value is -1.61. The van der Waals surface area contributed by atoms with Gasteiger partial charge in [0, 0.05) is 25.1 Å². The Kier molecular flexibility index (Phi) is 4.53. The van der Waals surface area contributed by atoms with Gasteiger partial charge in [0.15, 0.2) is 0 Å². The smallest absolute Gasteiger partial charge is 0.129 e. The summed E-state index contributed by atoms with van der Waals surface area (Å²) in [5.74, 6) is 0.977. The minimum Gasteiger partial charge on any atom is -0.382 e. The molecule has 0 aliphatic rings. The molecule has 0 aliphatic heterocycles. The zero-order valence-corrected chi connectivity index (χ0v) is 11.1. The molecular formula is C15H20N2O. The van der Waals surface area contributed by atoms with Crippen molar-refractivity contribution in [3.8, 4) is 0 Å². The first-order valence-electron chi connectivity index (χ1n) is 6.49. The Morgan fingerprint density at radius 3 is 2.94 bits per heavy atom. The number of pyridine rings is 1. The summed E-state index contributed by atoms with van der Waals surface area (Å²) in [5.41, 5.74) is 2.22. The first-order chi connectivity index (χ1) is 8.81. The van der Waals surface area contributed by atoms with E-state index in [0.717, 1.165) is 37.5 Å². The number of rotatable bonds is 6. The van der Waals surface area contributed by atoms with E-state index in [1.165, 1.54) is 10.9 Å². The Morgan fingerprint density at radius 2 is 2.11 bits per heavy atom. The third-order valence-corrected chi connectivity index (χ3v) is 2.88. The van der Waals surface area contributed by atoms with Crippen molar-refractivity contribution in [3.63, 3.8) is 0 Å². The number of hydrogen-bond donors (Lipinski definition) is 1. The van der Waals surface area contributed by atoms with Gasteiger partial charge in [-0.05, 0) is 38.0 Å². The van der Waals surface area contributed by atoms with Gasteiger partial charge >= 0.3 is 0 Å². The Balaban J connectivity index is 2.01. The number of nitrogens with zero attached hydrogens (tertiary/aromatic N) is 1. The third kappa shape index (κ3) is 3.20. The molecule has 3 heteroatoms. The van der Waals surface area contributed by atoms with E-state index in [4.69, 9.17) is 4.74 Å². The summed E-state index contributed by atoms with van der Waals surface area (Å²) in [6, 6.07) is 10.4. The molecule has 0 unspecified atom stereocenters. The largest absolute Gasteiger partial charge is 0.382 e. The molecule has 2 aromatic rings. The standard InChI is InChI=1S/C15H20N2O/c1-3-18-10-6-9-16-15-12(2)11-13-7-4-5-8-14(13)17-15/h4-5,7-8,11H,3,6,9-10H2,1-2H3,(H,16,17). The van der Waals surface area contributed by atoms with Crippen LogP contribution in [0.4, 0.5) is 5.82 Å². The van der Waals surface area contributed by atoms with Gasteiger partial charge in [0.1, 0.15) is 5.82 Å². The van der Waals surface area contributed by atoms with E-state index in [1.54, 1.807) is 0 Å². The van der Waals surface area contributed by atoms with Crippen LogP contribution in [-0.4, -0.2) is 24.7 Å². The van der Waals surface area contributed by atoms with Crippen molar-refractivity contribution in [2.75, 3.05) is 25.1 Å². The van der Waals surface area contributed by atoms with Crippen LogP contribution in [0, 0.1) is 6.92 Å². The lowest BCUT2D eigenvalue weighted by Gasteiger charge is -2.10. The lowest BCUT2D eigenvalue weighted by Crippen LogP contribution is -2.08. The summed E-state index contributed by atoms with van der Waals surface area (Å²) in [7, 11) is 0. The second kappa shape index (κ2) is 6.36. The zero-order valence-electron chi connectivity index (χ0n) is 11.1. The molecule has 0 atom stereocenters. The first-order valence-corrected chi connectivity index (χ1v) is 6.49. The quantitative estimate of drug-likeness (QED) is 0.791. The van der Waals surface area contributed by atoms with E-state index in [-0.39, 0.29) is 0 Å². The normalized spacial score (nSPS) is 10.8. The molecule has 0 bridgehead atoms. The van der Waals surface area contributed by atoms with Crippen molar-refractivity contribution in [2.45, 2.75) is 20.3 Å². The molecule has 1 aromatic heterocycles. The molecule has 1 N–H and O–H groups in total. The number of para-hydroxylation sites is 1. The highest BCUT2D eigenvalue weighted by atomic mass is 16.5. The number of aryl methyl sites for hydroxylation is 1. The number of fused-ring (bicyclic) bond motifs is 1. The molecule has 96 valence electrons. The van der Waals surface area contributed by atoms with Crippen LogP contribution < -0.4 is 5.32 Å². The predicted octanol–water partition coefficient (Wildman–Crippen LogP) is 3.38. The van der Waals surface area contributed by atoms with Gasteiger partial charge < -0.3 is 10.1 Å². The monoisotopic (exact) mass is 244 g/mol. The maximum atomic E-state index is 5.31. The average molecular weight is 244 g/mol. The van der Waals surface area contributed by atoms with E-state index in [1.807, 2.05) is 25.1 Å². The van der Waals surface area contributed by atoms with Gasteiger partial charge in [-0.25, -0.2) is 4.98 Å². The van der Waals surface area contributed by atoms with Gasteiger partial charge in [0.05, 0.1) is 5.52 Å². The molecule has 1 heterocycles. The fourth-order valence-electron chi connectivity index (χ4n) is 1.93. The Bertz CT molecular complexity index is 511. The SMILES string of the molecule is CCOCCCNc1nc2ccccc2cc1C. The van der Waals surface area contributed by atoms with Crippen LogP contribution in [0.5, 0.6) is 0 Å². The Morgan fingerprint density at radius 1 is 1.28 bits per heavy atom. The van der Waals surface area contributed by atoms with E-state index < -0.39 is 0 Å². The van der Waals surface area contributed by atoms with E-state index in [0.29, 0.717) is 0 Å². The van der Waals surface area contributed by atoms with E-state index in [2.05, 4.69) is 29.4 Å². The number of hydrogen-bond acceptors (Lipinski definition) is 3. The van der Waals surface area contributed by atoms with Crippen molar-refractivity contribution in [3.05, 3.63) is 35.9 Å². The topological polar surface area (TPSA) is 34.1 Å². The lowest BCUT2D eigenvalue weighted by molar-refractivity contribution is 0.147. The first kappa shape index (κ1) is 12.8. The van der Waals surface area contributed by atoms with Gasteiger partial charge in [0.25, 0.3) is 0 Å². The maximum Gasteiger partial charge on any atom is 0.129 e. The molecule has 0 radical (unpaired) electrons. The minimum absolute atomic E-state index is 0.785. The molecule has 0 amide bonds. The minimum atomic E-state index is 0.785. The summed E-state index contributed by atoms with van der Waals surface area (Å²) in [4.78, 5) is 4.64. The van der Waals surface area contributed by atoms with Crippen LogP contribution in [0.25, 0.3) is 10.9 Å². The highest BCUT2D eigenvalue weighted by molar-refractivity contribution is 5.81. The molecule has 2 rings (SSSR count). The highest BCUT2D eigenvalue weighted by Gasteiger charge is 2.02. The molecule has 18 heavy (non-hydrogen) atoms. The number of ether oxygens (including phenoxy) is 1. The van der Waals surface area contributed by atoms with Crippen LogP contribution in [-0.2, 0) is 4.74 Å². The highest BCUT2D eigenvalue weighted by Crippen LogP contribution is 2.19. The van der Waals surface area contributed by atoms with Crippen molar-refractivity contribution >= 4 is 16.7 Å². The molecule has 0 aliphatic carbocycles. The van der Waals surface area contributed by atoms with Gasteiger partial charge in [-0.3, -0.25) is 0 Å². The zero-order chi connectivity index (χ0) is 12.8. The number of benzene rings is 1. The lowest BCUT2D eigenvalue weighted by atomic mass is 10.1. The number of anilines is 1. The second-order valence-electron chi connectivity index (χ2n) is 4.32. The molecule has 0 saturated heterocycles. The van der Waals surface area contributed by atoms with Gasteiger partial charge in [-0.2, -0.15) is 0 Å². The number of nitrogens with one attached hydrogen (secondary N) is 1. The second-order valence-corrected chi connectivity index (χ2v) is 4.32. The van der Waals surface area contributed by atoms with Crippen LogP contribution >= 0.6 is 0 Å². The Labute approximate surface area is 108 Å². The molecule has 0 fully saturated rings. The van der Waals surface area contributed by atoms with Crippen LogP contribution in [0.15, 0.2) is 30.3 Å². The third-order valence-electron chi connectivity index (χ3n) is 2.88. The molecule has 0 spiro atoms. The van der Waals surface area contributed by atoms with Gasteiger partial charge in [-0.15, -0.1) is 0 Å². The van der Waals surface area contributed by atoms with Crippen LogP contribution in [0.2, 0.25) is 0 Å². The predicted molar refractivity (Wildman–Crippen MR) is 76.1 cm³/mol. The van der Waals surface area contributed by atoms with Crippen molar-refractivity contribution in [2.24, 2.45) is 0 Å². The van der Waals surface area contributed by atoms with Gasteiger partial charge in [-0.1, -0.05) is 18.2 Å². The fourth-order valence-corrected chi connectivity index (χ4v) is 1.93. The molecular weight excluding hydrogens is 224 g/mol. The van der Waals surface area contributed by atoms with Crippen molar-refractivity contribution < 1.29 is 4.74 Å². The summed E-state index contributed by atoms with van der Waals surface area (Å²) >= 11 is 0.